The van der Waals surface area contributed by atoms with Crippen LogP contribution in [0.25, 0.3) is 0 Å². The molecule has 2 aromatic rings. The van der Waals surface area contributed by atoms with E-state index in [0.29, 0.717) is 12.1 Å². The van der Waals surface area contributed by atoms with Crippen LogP contribution in [0.15, 0.2) is 36.5 Å². The number of aliphatic hydroxyl groups is 1. The molecule has 2 rings (SSSR count). The Bertz CT molecular complexity index is 534. The van der Waals surface area contributed by atoms with Gasteiger partial charge in [0.05, 0.1) is 19.8 Å². The van der Waals surface area contributed by atoms with Crippen LogP contribution in [0.3, 0.4) is 0 Å². The fourth-order valence-electron chi connectivity index (χ4n) is 1.97. The van der Waals surface area contributed by atoms with Crippen LogP contribution in [-0.4, -0.2) is 16.8 Å². The molecule has 0 amide bonds. The molecule has 1 unspecified atom stereocenters. The summed E-state index contributed by atoms with van der Waals surface area (Å²) < 4.78 is 20.8. The Morgan fingerprint density at radius 2 is 2.11 bits per heavy atom. The molecule has 0 spiro atoms. The van der Waals surface area contributed by atoms with Crippen molar-refractivity contribution < 1.29 is 14.2 Å². The van der Waals surface area contributed by atoms with Gasteiger partial charge >= 0.3 is 0 Å². The first-order valence-corrected chi connectivity index (χ1v) is 5.78. The van der Waals surface area contributed by atoms with E-state index in [1.807, 2.05) is 22.9 Å². The van der Waals surface area contributed by atoms with Crippen molar-refractivity contribution >= 4 is 0 Å². The van der Waals surface area contributed by atoms with Crippen molar-refractivity contribution in [3.63, 3.8) is 0 Å². The number of ether oxygens (including phenoxy) is 1. The van der Waals surface area contributed by atoms with Crippen molar-refractivity contribution in [2.75, 3.05) is 7.11 Å². The zero-order valence-electron chi connectivity index (χ0n) is 10.4. The number of hydrogen-bond donors (Lipinski definition) is 1. The lowest BCUT2D eigenvalue weighted by Gasteiger charge is -2.13. The van der Waals surface area contributed by atoms with Gasteiger partial charge in [-0.25, -0.2) is 4.39 Å². The van der Waals surface area contributed by atoms with Gasteiger partial charge in [-0.2, -0.15) is 0 Å². The second-order valence-electron chi connectivity index (χ2n) is 4.17. The number of aliphatic hydroxyl groups excluding tert-OH is 1. The van der Waals surface area contributed by atoms with Gasteiger partial charge in [-0.05, 0) is 25.1 Å². The minimum Gasteiger partial charge on any atom is -0.494 e. The van der Waals surface area contributed by atoms with Gasteiger partial charge in [0.1, 0.15) is 0 Å². The highest BCUT2D eigenvalue weighted by molar-refractivity contribution is 5.31. The molecule has 0 bridgehead atoms. The Balaban J connectivity index is 2.31. The number of nitrogens with zero attached hydrogens (tertiary/aromatic N) is 1. The summed E-state index contributed by atoms with van der Waals surface area (Å²) in [5.74, 6) is -0.122. The number of methoxy groups -OCH3 is 1. The summed E-state index contributed by atoms with van der Waals surface area (Å²) in [6, 6.07) is 8.71. The van der Waals surface area contributed by atoms with E-state index in [9.17, 15) is 9.50 Å². The monoisotopic (exact) mass is 249 g/mol. The summed E-state index contributed by atoms with van der Waals surface area (Å²) in [5, 5.41) is 9.60. The Labute approximate surface area is 105 Å². The SMILES string of the molecule is COc1cccc(Cn2cccc2C(C)O)c1F. The average Bonchev–Trinajstić information content (AvgIpc) is 2.80. The maximum Gasteiger partial charge on any atom is 0.170 e. The van der Waals surface area contributed by atoms with Crippen LogP contribution in [0.5, 0.6) is 5.75 Å². The number of hydrogen-bond acceptors (Lipinski definition) is 2. The van der Waals surface area contributed by atoms with Gasteiger partial charge in [0.2, 0.25) is 0 Å². The minimum atomic E-state index is -0.575. The Hall–Kier alpha value is -1.81. The molecule has 1 atom stereocenters. The molecule has 0 aliphatic carbocycles. The maximum atomic E-state index is 14.0. The largest absolute Gasteiger partial charge is 0.494 e. The molecule has 4 heteroatoms. The van der Waals surface area contributed by atoms with E-state index in [2.05, 4.69) is 0 Å². The minimum absolute atomic E-state index is 0.234. The fourth-order valence-corrected chi connectivity index (χ4v) is 1.97. The maximum absolute atomic E-state index is 14.0. The highest BCUT2D eigenvalue weighted by Crippen LogP contribution is 2.22. The third-order valence-electron chi connectivity index (χ3n) is 2.90. The molecule has 18 heavy (non-hydrogen) atoms. The van der Waals surface area contributed by atoms with Crippen LogP contribution in [0.1, 0.15) is 24.3 Å². The Kier molecular flexibility index (Phi) is 3.67. The van der Waals surface area contributed by atoms with E-state index in [1.54, 1.807) is 25.1 Å². The van der Waals surface area contributed by atoms with E-state index in [-0.39, 0.29) is 11.6 Å². The summed E-state index contributed by atoms with van der Waals surface area (Å²) in [5.41, 5.74) is 1.30. The molecule has 1 heterocycles. The number of rotatable bonds is 4. The van der Waals surface area contributed by atoms with Crippen LogP contribution >= 0.6 is 0 Å². The first-order chi connectivity index (χ1) is 8.63. The zero-order chi connectivity index (χ0) is 13.1. The standard InChI is InChI=1S/C14H16FNO2/c1-10(17)12-6-4-8-16(12)9-11-5-3-7-13(18-2)14(11)15/h3-8,10,17H,9H2,1-2H3. The molecule has 0 aliphatic heterocycles. The van der Waals surface area contributed by atoms with Crippen molar-refractivity contribution in [3.8, 4) is 5.75 Å². The smallest absolute Gasteiger partial charge is 0.170 e. The molecular formula is C14H16FNO2. The van der Waals surface area contributed by atoms with Crippen molar-refractivity contribution in [2.24, 2.45) is 0 Å². The Morgan fingerprint density at radius 1 is 1.33 bits per heavy atom. The highest BCUT2D eigenvalue weighted by atomic mass is 19.1. The second kappa shape index (κ2) is 5.23. The summed E-state index contributed by atoms with van der Waals surface area (Å²) in [6.45, 7) is 2.06. The van der Waals surface area contributed by atoms with Gasteiger partial charge in [0.25, 0.3) is 0 Å². The molecule has 0 aliphatic rings. The molecule has 1 aromatic heterocycles. The molecule has 0 saturated carbocycles. The number of benzene rings is 1. The molecule has 0 saturated heterocycles. The fraction of sp³-hybridized carbons (Fsp3) is 0.286. The molecule has 0 radical (unpaired) electrons. The lowest BCUT2D eigenvalue weighted by atomic mass is 10.2. The van der Waals surface area contributed by atoms with E-state index in [4.69, 9.17) is 4.74 Å². The average molecular weight is 249 g/mol. The number of halogens is 1. The van der Waals surface area contributed by atoms with Crippen LogP contribution < -0.4 is 4.74 Å². The lowest BCUT2D eigenvalue weighted by molar-refractivity contribution is 0.189. The molecular weight excluding hydrogens is 233 g/mol. The van der Waals surface area contributed by atoms with Crippen LogP contribution in [0.4, 0.5) is 4.39 Å². The number of aromatic nitrogens is 1. The highest BCUT2D eigenvalue weighted by Gasteiger charge is 2.11. The summed E-state index contributed by atoms with van der Waals surface area (Å²) in [4.78, 5) is 0. The molecule has 0 fully saturated rings. The first kappa shape index (κ1) is 12.6. The third kappa shape index (κ3) is 2.38. The van der Waals surface area contributed by atoms with E-state index in [1.165, 1.54) is 7.11 Å². The van der Waals surface area contributed by atoms with Gasteiger partial charge in [-0.1, -0.05) is 12.1 Å². The predicted molar refractivity (Wildman–Crippen MR) is 67.1 cm³/mol. The Morgan fingerprint density at radius 3 is 2.78 bits per heavy atom. The third-order valence-corrected chi connectivity index (χ3v) is 2.90. The topological polar surface area (TPSA) is 34.4 Å². The van der Waals surface area contributed by atoms with Crippen LogP contribution in [-0.2, 0) is 6.54 Å². The lowest BCUT2D eigenvalue weighted by Crippen LogP contribution is -2.07. The van der Waals surface area contributed by atoms with E-state index >= 15 is 0 Å². The summed E-state index contributed by atoms with van der Waals surface area (Å²) >= 11 is 0. The normalized spacial score (nSPS) is 12.4. The zero-order valence-corrected chi connectivity index (χ0v) is 10.4. The van der Waals surface area contributed by atoms with Gasteiger partial charge < -0.3 is 14.4 Å². The van der Waals surface area contributed by atoms with Crippen molar-refractivity contribution in [3.05, 3.63) is 53.6 Å². The first-order valence-electron chi connectivity index (χ1n) is 5.78. The summed E-state index contributed by atoms with van der Waals surface area (Å²) in [6.07, 6.45) is 1.25. The van der Waals surface area contributed by atoms with Gasteiger partial charge in [-0.3, -0.25) is 0 Å². The van der Waals surface area contributed by atoms with Gasteiger partial charge in [0.15, 0.2) is 11.6 Å². The van der Waals surface area contributed by atoms with Crippen molar-refractivity contribution in [1.82, 2.24) is 4.57 Å². The van der Waals surface area contributed by atoms with Crippen molar-refractivity contribution in [1.29, 1.82) is 0 Å². The molecule has 96 valence electrons. The second-order valence-corrected chi connectivity index (χ2v) is 4.17. The van der Waals surface area contributed by atoms with Crippen LogP contribution in [0, 0.1) is 5.82 Å². The molecule has 1 aromatic carbocycles. The summed E-state index contributed by atoms with van der Waals surface area (Å²) in [7, 11) is 1.44. The predicted octanol–water partition coefficient (Wildman–Crippen LogP) is 2.74. The van der Waals surface area contributed by atoms with Gasteiger partial charge in [-0.15, -0.1) is 0 Å². The van der Waals surface area contributed by atoms with Crippen LogP contribution in [0.2, 0.25) is 0 Å². The molecule has 3 nitrogen and oxygen atoms in total. The molecule has 1 N–H and O–H groups in total. The quantitative estimate of drug-likeness (QED) is 0.904. The van der Waals surface area contributed by atoms with E-state index in [0.717, 1.165) is 5.69 Å². The van der Waals surface area contributed by atoms with E-state index < -0.39 is 6.10 Å². The van der Waals surface area contributed by atoms with Crippen molar-refractivity contribution in [2.45, 2.75) is 19.6 Å². The van der Waals surface area contributed by atoms with Gasteiger partial charge in [0, 0.05) is 17.5 Å².